The van der Waals surface area contributed by atoms with Gasteiger partial charge in [-0.15, -0.1) is 0 Å². The van der Waals surface area contributed by atoms with Gasteiger partial charge in [0.25, 0.3) is 0 Å². The van der Waals surface area contributed by atoms with E-state index in [4.69, 9.17) is 4.74 Å². The molecule has 0 fully saturated rings. The average molecular weight is 900 g/mol. The van der Waals surface area contributed by atoms with Crippen LogP contribution in [0.4, 0.5) is 0 Å². The lowest BCUT2D eigenvalue weighted by Gasteiger charge is -2.07. The smallest absolute Gasteiger partial charge is 0.305 e. The second-order valence-corrected chi connectivity index (χ2v) is 21.3. The second-order valence-electron chi connectivity index (χ2n) is 21.3. The third-order valence-corrected chi connectivity index (χ3v) is 14.7. The molecule has 0 aromatic heterocycles. The van der Waals surface area contributed by atoms with Gasteiger partial charge in [-0.3, -0.25) is 4.79 Å². The van der Waals surface area contributed by atoms with Crippen molar-refractivity contribution in [2.24, 2.45) is 5.92 Å². The fourth-order valence-corrected chi connectivity index (χ4v) is 9.76. The number of carbonyl (C=O) groups is 1. The molecule has 2 nitrogen and oxygen atoms in total. The Balaban J connectivity index is 3.16. The highest BCUT2D eigenvalue weighted by molar-refractivity contribution is 5.69. The number of unbranched alkanes of at least 4 members (excludes halogenated alkanes) is 48. The molecule has 382 valence electrons. The predicted molar refractivity (Wildman–Crippen MR) is 290 cm³/mol. The molecule has 2 heteroatoms. The van der Waals surface area contributed by atoms with Crippen molar-refractivity contribution in [3.63, 3.8) is 0 Å². The standard InChI is InChI=1S/C62H122O2/c1-4-6-7-8-9-10-11-12-13-14-15-28-32-35-38-41-44-47-50-53-56-59-62(63)64-60-57-54-51-48-45-42-39-36-33-30-27-25-23-21-19-17-16-18-20-22-24-26-29-31-34-37-40-43-46-49-52-55-58-61(3)5-2/h12-13,61H,4-11,14-60H2,1-3H3. The molecule has 64 heavy (non-hydrogen) atoms. The lowest BCUT2D eigenvalue weighted by Crippen LogP contribution is -2.05. The molecule has 0 amide bonds. The quantitative estimate of drug-likeness (QED) is 0.0345. The molecule has 0 saturated heterocycles. The third kappa shape index (κ3) is 57.3. The average Bonchev–Trinajstić information content (AvgIpc) is 3.30. The van der Waals surface area contributed by atoms with E-state index < -0.39 is 0 Å². The molecule has 0 saturated carbocycles. The van der Waals surface area contributed by atoms with Crippen LogP contribution in [0.5, 0.6) is 0 Å². The zero-order chi connectivity index (χ0) is 46.2. The first-order valence-electron chi connectivity index (χ1n) is 30.5. The number of allylic oxidation sites excluding steroid dienone is 2. The van der Waals surface area contributed by atoms with Gasteiger partial charge < -0.3 is 4.74 Å². The molecule has 0 aliphatic heterocycles. The van der Waals surface area contributed by atoms with Crippen molar-refractivity contribution >= 4 is 5.97 Å². The molecule has 0 heterocycles. The summed E-state index contributed by atoms with van der Waals surface area (Å²) in [6.45, 7) is 7.66. The molecular formula is C62H122O2. The lowest BCUT2D eigenvalue weighted by atomic mass is 9.99. The van der Waals surface area contributed by atoms with E-state index in [1.54, 1.807) is 0 Å². The van der Waals surface area contributed by atoms with Gasteiger partial charge in [0.05, 0.1) is 6.61 Å². The molecular weight excluding hydrogens is 777 g/mol. The van der Waals surface area contributed by atoms with Crippen molar-refractivity contribution < 1.29 is 9.53 Å². The van der Waals surface area contributed by atoms with Crippen LogP contribution >= 0.6 is 0 Å². The van der Waals surface area contributed by atoms with Crippen LogP contribution in [0.1, 0.15) is 367 Å². The van der Waals surface area contributed by atoms with E-state index in [1.807, 2.05) is 0 Å². The van der Waals surface area contributed by atoms with Crippen LogP contribution < -0.4 is 0 Å². The van der Waals surface area contributed by atoms with Gasteiger partial charge in [-0.05, 0) is 44.4 Å². The molecule has 0 N–H and O–H groups in total. The van der Waals surface area contributed by atoms with Crippen LogP contribution in [-0.2, 0) is 9.53 Å². The van der Waals surface area contributed by atoms with Gasteiger partial charge in [-0.2, -0.15) is 0 Å². The molecule has 0 radical (unpaired) electrons. The number of hydrogen-bond acceptors (Lipinski definition) is 2. The Hall–Kier alpha value is -0.790. The van der Waals surface area contributed by atoms with Gasteiger partial charge in [-0.1, -0.05) is 335 Å². The Morgan fingerprint density at radius 1 is 0.328 bits per heavy atom. The van der Waals surface area contributed by atoms with Crippen LogP contribution in [0.2, 0.25) is 0 Å². The number of esters is 1. The summed E-state index contributed by atoms with van der Waals surface area (Å²) in [7, 11) is 0. The maximum absolute atomic E-state index is 12.1. The fraction of sp³-hybridized carbons (Fsp3) is 0.952. The summed E-state index contributed by atoms with van der Waals surface area (Å²) >= 11 is 0. The largest absolute Gasteiger partial charge is 0.466 e. The Morgan fingerprint density at radius 2 is 0.578 bits per heavy atom. The van der Waals surface area contributed by atoms with Crippen LogP contribution in [0.15, 0.2) is 12.2 Å². The zero-order valence-corrected chi connectivity index (χ0v) is 44.9. The second kappa shape index (κ2) is 58.3. The minimum atomic E-state index is 0.0318. The van der Waals surface area contributed by atoms with Crippen molar-refractivity contribution in [1.29, 1.82) is 0 Å². The maximum Gasteiger partial charge on any atom is 0.305 e. The fourth-order valence-electron chi connectivity index (χ4n) is 9.76. The monoisotopic (exact) mass is 899 g/mol. The Bertz CT molecular complexity index is 863. The highest BCUT2D eigenvalue weighted by Crippen LogP contribution is 2.19. The van der Waals surface area contributed by atoms with Crippen molar-refractivity contribution in [3.8, 4) is 0 Å². The highest BCUT2D eigenvalue weighted by Gasteiger charge is 2.04. The van der Waals surface area contributed by atoms with Crippen LogP contribution in [-0.4, -0.2) is 12.6 Å². The molecule has 0 aromatic rings. The van der Waals surface area contributed by atoms with Crippen molar-refractivity contribution in [2.45, 2.75) is 367 Å². The Kier molecular flexibility index (Phi) is 57.6. The van der Waals surface area contributed by atoms with E-state index in [1.165, 1.54) is 327 Å². The van der Waals surface area contributed by atoms with Gasteiger partial charge in [0.1, 0.15) is 0 Å². The number of hydrogen-bond donors (Lipinski definition) is 0. The highest BCUT2D eigenvalue weighted by atomic mass is 16.5. The molecule has 1 atom stereocenters. The van der Waals surface area contributed by atoms with Crippen LogP contribution in [0.3, 0.4) is 0 Å². The third-order valence-electron chi connectivity index (χ3n) is 14.7. The van der Waals surface area contributed by atoms with E-state index in [9.17, 15) is 4.79 Å². The predicted octanol–water partition coefficient (Wildman–Crippen LogP) is 22.8. The molecule has 0 spiro atoms. The van der Waals surface area contributed by atoms with Crippen molar-refractivity contribution in [2.75, 3.05) is 6.61 Å². The first-order chi connectivity index (χ1) is 31.7. The summed E-state index contributed by atoms with van der Waals surface area (Å²) in [5, 5.41) is 0. The minimum Gasteiger partial charge on any atom is -0.466 e. The normalized spacial score (nSPS) is 12.2. The van der Waals surface area contributed by atoms with E-state index >= 15 is 0 Å². The zero-order valence-electron chi connectivity index (χ0n) is 44.9. The summed E-state index contributed by atoms with van der Waals surface area (Å²) in [6.07, 6.45) is 79.8. The molecule has 0 aromatic carbocycles. The van der Waals surface area contributed by atoms with E-state index in [0.29, 0.717) is 13.0 Å². The molecule has 0 aliphatic rings. The minimum absolute atomic E-state index is 0.0318. The summed E-state index contributed by atoms with van der Waals surface area (Å²) < 4.78 is 5.52. The topological polar surface area (TPSA) is 26.3 Å². The maximum atomic E-state index is 12.1. The number of carbonyl (C=O) groups excluding carboxylic acids is 1. The molecule has 1 unspecified atom stereocenters. The number of rotatable bonds is 57. The molecule has 0 aliphatic carbocycles. The SMILES string of the molecule is CCCCCCCCC=CCCCCCCCCCCCCCC(=O)OCCCCCCCCCCCCCCCCCCCCCCCCCCCCCCCCCCC(C)CC. The summed E-state index contributed by atoms with van der Waals surface area (Å²) in [6, 6.07) is 0. The first kappa shape index (κ1) is 63.2. The van der Waals surface area contributed by atoms with Gasteiger partial charge in [0, 0.05) is 6.42 Å². The first-order valence-corrected chi connectivity index (χ1v) is 30.5. The Morgan fingerprint density at radius 3 is 0.875 bits per heavy atom. The van der Waals surface area contributed by atoms with Gasteiger partial charge in [-0.25, -0.2) is 0 Å². The van der Waals surface area contributed by atoms with Gasteiger partial charge >= 0.3 is 5.97 Å². The lowest BCUT2D eigenvalue weighted by molar-refractivity contribution is -0.143. The van der Waals surface area contributed by atoms with Crippen LogP contribution in [0.25, 0.3) is 0 Å². The van der Waals surface area contributed by atoms with Crippen LogP contribution in [0, 0.1) is 5.92 Å². The van der Waals surface area contributed by atoms with Gasteiger partial charge in [0.15, 0.2) is 0 Å². The van der Waals surface area contributed by atoms with E-state index in [-0.39, 0.29) is 5.97 Å². The van der Waals surface area contributed by atoms with E-state index in [2.05, 4.69) is 32.9 Å². The number of ether oxygens (including phenoxy) is 1. The summed E-state index contributed by atoms with van der Waals surface area (Å²) in [5.41, 5.74) is 0. The summed E-state index contributed by atoms with van der Waals surface area (Å²) in [5.74, 6) is 0.972. The van der Waals surface area contributed by atoms with Crippen molar-refractivity contribution in [1.82, 2.24) is 0 Å². The van der Waals surface area contributed by atoms with E-state index in [0.717, 1.165) is 18.8 Å². The molecule has 0 bridgehead atoms. The van der Waals surface area contributed by atoms with Gasteiger partial charge in [0.2, 0.25) is 0 Å². The summed E-state index contributed by atoms with van der Waals surface area (Å²) in [4.78, 5) is 12.1. The molecule has 0 rings (SSSR count). The van der Waals surface area contributed by atoms with Crippen molar-refractivity contribution in [3.05, 3.63) is 12.2 Å². The Labute approximate surface area is 406 Å².